The molecule has 0 aliphatic heterocycles. The predicted octanol–water partition coefficient (Wildman–Crippen LogP) is 3.85. The molecule has 2 rings (SSSR count). The zero-order chi connectivity index (χ0) is 18.6. The van der Waals surface area contributed by atoms with Crippen LogP contribution in [0.2, 0.25) is 0 Å². The fourth-order valence-electron chi connectivity index (χ4n) is 2.32. The van der Waals surface area contributed by atoms with Crippen molar-refractivity contribution in [3.63, 3.8) is 0 Å². The molecule has 25 heavy (non-hydrogen) atoms. The third kappa shape index (κ3) is 4.09. The highest BCUT2D eigenvalue weighted by molar-refractivity contribution is 14.1. The van der Waals surface area contributed by atoms with E-state index in [1.54, 1.807) is 31.4 Å². The van der Waals surface area contributed by atoms with E-state index in [-0.39, 0.29) is 5.75 Å². The van der Waals surface area contributed by atoms with E-state index in [9.17, 15) is 4.79 Å². The van der Waals surface area contributed by atoms with Crippen LogP contribution in [0.25, 0.3) is 0 Å². The van der Waals surface area contributed by atoms with Crippen LogP contribution >= 0.6 is 22.6 Å². The van der Waals surface area contributed by atoms with Crippen LogP contribution in [-0.2, 0) is 0 Å². The first-order chi connectivity index (χ1) is 11.9. The molecular weight excluding hydrogens is 439 g/mol. The highest BCUT2D eigenvalue weighted by atomic mass is 127. The third-order valence-electron chi connectivity index (χ3n) is 3.48. The highest BCUT2D eigenvalue weighted by Gasteiger charge is 2.23. The first-order valence-corrected chi connectivity index (χ1v) is 8.39. The first kappa shape index (κ1) is 19.2. The third-order valence-corrected chi connectivity index (χ3v) is 4.33. The lowest BCUT2D eigenvalue weighted by atomic mass is 10.2. The van der Waals surface area contributed by atoms with Crippen LogP contribution in [0.1, 0.15) is 15.9 Å². The van der Waals surface area contributed by atoms with E-state index in [0.29, 0.717) is 32.1 Å². The van der Waals surface area contributed by atoms with Crippen molar-refractivity contribution in [2.24, 2.45) is 0 Å². The summed E-state index contributed by atoms with van der Waals surface area (Å²) in [6, 6.07) is 6.87. The van der Waals surface area contributed by atoms with Gasteiger partial charge in [0.2, 0.25) is 5.75 Å². The quantitative estimate of drug-likeness (QED) is 0.373. The standard InChI is InChI=1S/C18H19IO6/c1-10-6-14(23-4)17(24-5)15(7-10)25-18(20)16-12(19)8-11(21-2)9-13(16)22-3/h6-9H,1-5H3. The van der Waals surface area contributed by atoms with E-state index in [1.165, 1.54) is 21.3 Å². The van der Waals surface area contributed by atoms with Crippen LogP contribution in [-0.4, -0.2) is 34.4 Å². The predicted molar refractivity (Wildman–Crippen MR) is 102 cm³/mol. The summed E-state index contributed by atoms with van der Waals surface area (Å²) in [5, 5.41) is 0. The van der Waals surface area contributed by atoms with Gasteiger partial charge in [-0.3, -0.25) is 0 Å². The number of benzene rings is 2. The molecule has 0 unspecified atom stereocenters. The van der Waals surface area contributed by atoms with Gasteiger partial charge < -0.3 is 23.7 Å². The summed E-state index contributed by atoms with van der Waals surface area (Å²) in [5.41, 5.74) is 1.18. The number of halogens is 1. The molecule has 0 heterocycles. The van der Waals surface area contributed by atoms with E-state index < -0.39 is 5.97 Å². The molecule has 0 aliphatic carbocycles. The van der Waals surface area contributed by atoms with E-state index in [2.05, 4.69) is 0 Å². The SMILES string of the molecule is COc1cc(I)c(C(=O)Oc2cc(C)cc(OC)c2OC)c(OC)c1. The number of hydrogen-bond donors (Lipinski definition) is 0. The Morgan fingerprint density at radius 1 is 0.840 bits per heavy atom. The number of methoxy groups -OCH3 is 4. The molecule has 0 radical (unpaired) electrons. The molecule has 0 spiro atoms. The zero-order valence-corrected chi connectivity index (χ0v) is 16.8. The Bertz CT molecular complexity index is 788. The monoisotopic (exact) mass is 458 g/mol. The molecular formula is C18H19IO6. The summed E-state index contributed by atoms with van der Waals surface area (Å²) in [4.78, 5) is 12.7. The number of carbonyl (C=O) groups excluding carboxylic acids is 1. The Hall–Kier alpha value is -2.16. The van der Waals surface area contributed by atoms with Crippen LogP contribution in [0.15, 0.2) is 24.3 Å². The van der Waals surface area contributed by atoms with Crippen LogP contribution < -0.4 is 23.7 Å². The van der Waals surface area contributed by atoms with E-state index in [4.69, 9.17) is 23.7 Å². The van der Waals surface area contributed by atoms with Crippen molar-refractivity contribution in [1.29, 1.82) is 0 Å². The number of aryl methyl sites for hydroxylation is 1. The second-order valence-electron chi connectivity index (χ2n) is 5.07. The van der Waals surface area contributed by atoms with Crippen LogP contribution in [0, 0.1) is 10.5 Å². The van der Waals surface area contributed by atoms with Gasteiger partial charge in [-0.1, -0.05) is 0 Å². The van der Waals surface area contributed by atoms with Gasteiger partial charge in [0, 0.05) is 9.64 Å². The number of carbonyl (C=O) groups is 1. The first-order valence-electron chi connectivity index (χ1n) is 7.31. The molecule has 0 fully saturated rings. The van der Waals surface area contributed by atoms with Crippen molar-refractivity contribution in [1.82, 2.24) is 0 Å². The molecule has 6 nitrogen and oxygen atoms in total. The van der Waals surface area contributed by atoms with E-state index >= 15 is 0 Å². The fraction of sp³-hybridized carbons (Fsp3) is 0.278. The normalized spacial score (nSPS) is 10.2. The molecule has 0 bridgehead atoms. The number of rotatable bonds is 6. The van der Waals surface area contributed by atoms with Gasteiger partial charge in [-0.15, -0.1) is 0 Å². The molecule has 0 saturated carbocycles. The average Bonchev–Trinajstić information content (AvgIpc) is 2.59. The molecule has 7 heteroatoms. The van der Waals surface area contributed by atoms with Crippen molar-refractivity contribution < 1.29 is 28.5 Å². The minimum absolute atomic E-state index is 0.276. The number of hydrogen-bond acceptors (Lipinski definition) is 6. The van der Waals surface area contributed by atoms with Crippen molar-refractivity contribution in [2.75, 3.05) is 28.4 Å². The number of ether oxygens (including phenoxy) is 5. The van der Waals surface area contributed by atoms with Crippen molar-refractivity contribution in [3.05, 3.63) is 39.0 Å². The lowest BCUT2D eigenvalue weighted by Gasteiger charge is -2.15. The summed E-state index contributed by atoms with van der Waals surface area (Å²) < 4.78 is 27.3. The molecule has 2 aromatic rings. The maximum absolute atomic E-state index is 12.7. The Labute approximate surface area is 160 Å². The second kappa shape index (κ2) is 8.28. The molecule has 134 valence electrons. The molecule has 0 atom stereocenters. The molecule has 0 aromatic heterocycles. The van der Waals surface area contributed by atoms with Gasteiger partial charge in [-0.2, -0.15) is 0 Å². The molecule has 0 N–H and O–H groups in total. The lowest BCUT2D eigenvalue weighted by molar-refractivity contribution is 0.0724. The van der Waals surface area contributed by atoms with Gasteiger partial charge in [-0.05, 0) is 53.3 Å². The van der Waals surface area contributed by atoms with Crippen molar-refractivity contribution in [3.8, 4) is 28.7 Å². The van der Waals surface area contributed by atoms with Gasteiger partial charge in [-0.25, -0.2) is 4.79 Å². The molecule has 2 aromatic carbocycles. The fourth-order valence-corrected chi connectivity index (χ4v) is 3.11. The second-order valence-corrected chi connectivity index (χ2v) is 6.24. The van der Waals surface area contributed by atoms with Crippen LogP contribution in [0.3, 0.4) is 0 Å². The zero-order valence-electron chi connectivity index (χ0n) is 14.6. The Balaban J connectivity index is 2.46. The van der Waals surface area contributed by atoms with Gasteiger partial charge in [0.1, 0.15) is 17.1 Å². The summed E-state index contributed by atoms with van der Waals surface area (Å²) in [5.74, 6) is 1.51. The largest absolute Gasteiger partial charge is 0.497 e. The van der Waals surface area contributed by atoms with E-state index in [1.807, 2.05) is 29.5 Å². The lowest BCUT2D eigenvalue weighted by Crippen LogP contribution is -2.13. The molecule has 0 amide bonds. The molecule has 0 saturated heterocycles. The van der Waals surface area contributed by atoms with Crippen LogP contribution in [0.5, 0.6) is 28.7 Å². The van der Waals surface area contributed by atoms with Crippen molar-refractivity contribution in [2.45, 2.75) is 6.92 Å². The summed E-state index contributed by atoms with van der Waals surface area (Å²) in [6.45, 7) is 1.87. The smallest absolute Gasteiger partial charge is 0.348 e. The minimum atomic E-state index is -0.560. The Morgan fingerprint density at radius 2 is 1.48 bits per heavy atom. The van der Waals surface area contributed by atoms with Crippen LogP contribution in [0.4, 0.5) is 0 Å². The summed E-state index contributed by atoms with van der Waals surface area (Å²) in [6.07, 6.45) is 0. The Morgan fingerprint density at radius 3 is 2.04 bits per heavy atom. The maximum Gasteiger partial charge on any atom is 0.348 e. The van der Waals surface area contributed by atoms with E-state index in [0.717, 1.165) is 5.56 Å². The Kier molecular flexibility index (Phi) is 6.35. The van der Waals surface area contributed by atoms with Gasteiger partial charge in [0.25, 0.3) is 0 Å². The van der Waals surface area contributed by atoms with Gasteiger partial charge >= 0.3 is 5.97 Å². The van der Waals surface area contributed by atoms with Gasteiger partial charge in [0.05, 0.1) is 28.4 Å². The summed E-state index contributed by atoms with van der Waals surface area (Å²) >= 11 is 2.04. The molecule has 0 aliphatic rings. The average molecular weight is 458 g/mol. The maximum atomic E-state index is 12.7. The van der Waals surface area contributed by atoms with Crippen molar-refractivity contribution >= 4 is 28.6 Å². The topological polar surface area (TPSA) is 63.2 Å². The number of esters is 1. The highest BCUT2D eigenvalue weighted by Crippen LogP contribution is 2.39. The van der Waals surface area contributed by atoms with Gasteiger partial charge in [0.15, 0.2) is 11.5 Å². The minimum Gasteiger partial charge on any atom is -0.497 e. The summed E-state index contributed by atoms with van der Waals surface area (Å²) in [7, 11) is 6.05.